The van der Waals surface area contributed by atoms with Gasteiger partial charge in [-0.15, -0.1) is 0 Å². The molecule has 0 bridgehead atoms. The number of rotatable bonds is 9. The van der Waals surface area contributed by atoms with Gasteiger partial charge in [-0.2, -0.15) is 0 Å². The van der Waals surface area contributed by atoms with Gasteiger partial charge in [-0.3, -0.25) is 9.88 Å². The van der Waals surface area contributed by atoms with Crippen LogP contribution in [-0.2, 0) is 4.74 Å². The van der Waals surface area contributed by atoms with Crippen LogP contribution in [-0.4, -0.2) is 64.1 Å². The van der Waals surface area contributed by atoms with Crippen molar-refractivity contribution in [3.8, 4) is 17.2 Å². The summed E-state index contributed by atoms with van der Waals surface area (Å²) in [4.78, 5) is 6.97. The summed E-state index contributed by atoms with van der Waals surface area (Å²) in [7, 11) is 4.82. The molecule has 0 saturated carbocycles. The number of nitrogens with one attached hydrogen (secondary N) is 1. The van der Waals surface area contributed by atoms with Crippen molar-refractivity contribution in [2.75, 3.05) is 59.5 Å². The Morgan fingerprint density at radius 2 is 1.76 bits per heavy atom. The minimum absolute atomic E-state index is 0.564. The van der Waals surface area contributed by atoms with Gasteiger partial charge >= 0.3 is 0 Å². The SMILES string of the molecule is COc1cc(Nc2ccnc3ccc(/C=C/CCN4CCOCC4)cc23)cc(OC)c1OC. The Hall–Kier alpha value is -3.29. The Morgan fingerprint density at radius 3 is 2.45 bits per heavy atom. The van der Waals surface area contributed by atoms with Crippen LogP contribution < -0.4 is 19.5 Å². The zero-order chi connectivity index (χ0) is 23.0. The maximum Gasteiger partial charge on any atom is 0.203 e. The minimum atomic E-state index is 0.564. The fourth-order valence-corrected chi connectivity index (χ4v) is 3.99. The number of methoxy groups -OCH3 is 3. The maximum absolute atomic E-state index is 5.49. The molecule has 3 aromatic rings. The van der Waals surface area contributed by atoms with Gasteiger partial charge in [0.25, 0.3) is 0 Å². The fourth-order valence-electron chi connectivity index (χ4n) is 3.99. The first-order valence-corrected chi connectivity index (χ1v) is 11.1. The monoisotopic (exact) mass is 449 g/mol. The van der Waals surface area contributed by atoms with Crippen LogP contribution in [0.2, 0.25) is 0 Å². The summed E-state index contributed by atoms with van der Waals surface area (Å²) in [5.74, 6) is 1.76. The fraction of sp³-hybridized carbons (Fsp3) is 0.346. The van der Waals surface area contributed by atoms with Crippen LogP contribution in [0, 0.1) is 0 Å². The molecule has 33 heavy (non-hydrogen) atoms. The number of pyridine rings is 1. The largest absolute Gasteiger partial charge is 0.493 e. The van der Waals surface area contributed by atoms with Crippen LogP contribution in [0.1, 0.15) is 12.0 Å². The van der Waals surface area contributed by atoms with E-state index in [1.54, 1.807) is 27.5 Å². The van der Waals surface area contributed by atoms with E-state index in [2.05, 4.69) is 45.6 Å². The quantitative estimate of drug-likeness (QED) is 0.506. The van der Waals surface area contributed by atoms with E-state index >= 15 is 0 Å². The number of benzene rings is 2. The number of morpholine rings is 1. The molecule has 1 aromatic heterocycles. The first-order valence-electron chi connectivity index (χ1n) is 11.1. The molecule has 4 rings (SSSR count). The molecular weight excluding hydrogens is 418 g/mol. The first kappa shape index (κ1) is 22.9. The first-order chi connectivity index (χ1) is 16.2. The van der Waals surface area contributed by atoms with Crippen molar-refractivity contribution in [3.63, 3.8) is 0 Å². The maximum atomic E-state index is 5.49. The van der Waals surface area contributed by atoms with Crippen LogP contribution in [0.15, 0.2) is 48.7 Å². The summed E-state index contributed by atoms with van der Waals surface area (Å²) in [6, 6.07) is 12.1. The summed E-state index contributed by atoms with van der Waals surface area (Å²) >= 11 is 0. The van der Waals surface area contributed by atoms with E-state index in [1.165, 1.54) is 0 Å². The third-order valence-electron chi connectivity index (χ3n) is 5.74. The Labute approximate surface area is 194 Å². The number of ether oxygens (including phenoxy) is 4. The normalized spacial score (nSPS) is 14.5. The van der Waals surface area contributed by atoms with Crippen LogP contribution in [0.4, 0.5) is 11.4 Å². The van der Waals surface area contributed by atoms with Crippen molar-refractivity contribution in [3.05, 3.63) is 54.2 Å². The van der Waals surface area contributed by atoms with Gasteiger partial charge in [0.05, 0.1) is 40.1 Å². The number of hydrogen-bond acceptors (Lipinski definition) is 7. The van der Waals surface area contributed by atoms with Gasteiger partial charge in [0.2, 0.25) is 5.75 Å². The summed E-state index contributed by atoms with van der Waals surface area (Å²) in [5.41, 5.74) is 3.87. The molecule has 2 aromatic carbocycles. The Bertz CT molecular complexity index is 1080. The van der Waals surface area contributed by atoms with E-state index in [1.807, 2.05) is 18.2 Å². The molecule has 0 spiro atoms. The third kappa shape index (κ3) is 5.56. The zero-order valence-corrected chi connectivity index (χ0v) is 19.5. The average Bonchev–Trinajstić information content (AvgIpc) is 2.87. The number of anilines is 2. The minimum Gasteiger partial charge on any atom is -0.493 e. The predicted octanol–water partition coefficient (Wildman–Crippen LogP) is 4.74. The van der Waals surface area contributed by atoms with Gasteiger partial charge in [0.1, 0.15) is 0 Å². The molecule has 1 fully saturated rings. The van der Waals surface area contributed by atoms with Crippen LogP contribution in [0.5, 0.6) is 17.2 Å². The molecule has 2 heterocycles. The van der Waals surface area contributed by atoms with Crippen molar-refractivity contribution in [1.29, 1.82) is 0 Å². The molecule has 7 heteroatoms. The molecular formula is C26H31N3O4. The standard InChI is InChI=1S/C26H31N3O4/c1-30-24-17-20(18-25(31-2)26(24)32-3)28-23-9-10-27-22-8-7-19(16-21(22)23)6-4-5-11-29-12-14-33-15-13-29/h4,6-10,16-18H,5,11-15H2,1-3H3,(H,27,28)/b6-4+. The van der Waals surface area contributed by atoms with Crippen molar-refractivity contribution in [1.82, 2.24) is 9.88 Å². The molecule has 174 valence electrons. The number of nitrogens with zero attached hydrogens (tertiary/aromatic N) is 2. The molecule has 0 atom stereocenters. The van der Waals surface area contributed by atoms with Crippen molar-refractivity contribution >= 4 is 28.4 Å². The second-order valence-corrected chi connectivity index (χ2v) is 7.82. The highest BCUT2D eigenvalue weighted by atomic mass is 16.5. The number of fused-ring (bicyclic) bond motifs is 1. The van der Waals surface area contributed by atoms with Gasteiger partial charge in [-0.25, -0.2) is 0 Å². The second kappa shape index (κ2) is 11.0. The summed E-state index contributed by atoms with van der Waals surface area (Å²) in [5, 5.41) is 4.53. The van der Waals surface area contributed by atoms with Crippen molar-refractivity contribution in [2.45, 2.75) is 6.42 Å². The van der Waals surface area contributed by atoms with E-state index in [0.29, 0.717) is 17.2 Å². The lowest BCUT2D eigenvalue weighted by atomic mass is 10.1. The highest BCUT2D eigenvalue weighted by Crippen LogP contribution is 2.41. The lowest BCUT2D eigenvalue weighted by molar-refractivity contribution is 0.0387. The molecule has 0 radical (unpaired) electrons. The Balaban J connectivity index is 1.54. The van der Waals surface area contributed by atoms with E-state index < -0.39 is 0 Å². The molecule has 1 N–H and O–H groups in total. The van der Waals surface area contributed by atoms with Gasteiger partial charge in [0.15, 0.2) is 11.5 Å². The van der Waals surface area contributed by atoms with Crippen LogP contribution in [0.25, 0.3) is 17.0 Å². The highest BCUT2D eigenvalue weighted by Gasteiger charge is 2.14. The molecule has 0 amide bonds. The average molecular weight is 450 g/mol. The smallest absolute Gasteiger partial charge is 0.203 e. The van der Waals surface area contributed by atoms with E-state index in [4.69, 9.17) is 18.9 Å². The van der Waals surface area contributed by atoms with E-state index in [0.717, 1.165) is 67.1 Å². The molecule has 7 nitrogen and oxygen atoms in total. The second-order valence-electron chi connectivity index (χ2n) is 7.82. The number of aromatic nitrogens is 1. The number of hydrogen-bond donors (Lipinski definition) is 1. The van der Waals surface area contributed by atoms with Gasteiger partial charge < -0.3 is 24.3 Å². The predicted molar refractivity (Wildman–Crippen MR) is 132 cm³/mol. The summed E-state index contributed by atoms with van der Waals surface area (Å²) in [6.45, 7) is 4.77. The van der Waals surface area contributed by atoms with Crippen molar-refractivity contribution < 1.29 is 18.9 Å². The van der Waals surface area contributed by atoms with Crippen LogP contribution in [0.3, 0.4) is 0 Å². The van der Waals surface area contributed by atoms with Gasteiger partial charge in [-0.1, -0.05) is 18.2 Å². The zero-order valence-electron chi connectivity index (χ0n) is 19.5. The molecule has 0 aliphatic carbocycles. The molecule has 1 aliphatic heterocycles. The van der Waals surface area contributed by atoms with Crippen LogP contribution >= 0.6 is 0 Å². The van der Waals surface area contributed by atoms with Gasteiger partial charge in [-0.05, 0) is 30.2 Å². The Morgan fingerprint density at radius 1 is 1.00 bits per heavy atom. The molecule has 1 aliphatic rings. The third-order valence-corrected chi connectivity index (χ3v) is 5.74. The van der Waals surface area contributed by atoms with Crippen molar-refractivity contribution in [2.24, 2.45) is 0 Å². The lowest BCUT2D eigenvalue weighted by Gasteiger charge is -2.25. The van der Waals surface area contributed by atoms with E-state index in [-0.39, 0.29) is 0 Å². The van der Waals surface area contributed by atoms with Gasteiger partial charge in [0, 0.05) is 54.7 Å². The molecule has 1 saturated heterocycles. The highest BCUT2D eigenvalue weighted by molar-refractivity contribution is 5.94. The molecule has 0 unspecified atom stereocenters. The topological polar surface area (TPSA) is 65.1 Å². The lowest BCUT2D eigenvalue weighted by Crippen LogP contribution is -2.36. The Kier molecular flexibility index (Phi) is 7.65. The van der Waals surface area contributed by atoms with E-state index in [9.17, 15) is 0 Å². The summed E-state index contributed by atoms with van der Waals surface area (Å²) < 4.78 is 21.8. The summed E-state index contributed by atoms with van der Waals surface area (Å²) in [6.07, 6.45) is 7.23.